The van der Waals surface area contributed by atoms with Crippen LogP contribution in [0.5, 0.6) is 0 Å². The van der Waals surface area contributed by atoms with E-state index in [1.54, 1.807) is 0 Å². The lowest BCUT2D eigenvalue weighted by Crippen LogP contribution is -2.30. The molecule has 0 heterocycles. The van der Waals surface area contributed by atoms with Gasteiger partial charge in [0.05, 0.1) is 26.4 Å². The summed E-state index contributed by atoms with van der Waals surface area (Å²) in [6.07, 6.45) is 70.2. The van der Waals surface area contributed by atoms with Gasteiger partial charge in [-0.1, -0.05) is 273 Å². The van der Waals surface area contributed by atoms with E-state index in [1.165, 1.54) is 109 Å². The molecule has 19 heteroatoms. The van der Waals surface area contributed by atoms with Crippen molar-refractivity contribution in [2.24, 2.45) is 0 Å². The molecule has 0 aromatic carbocycles. The molecule has 0 aliphatic heterocycles. The minimum absolute atomic E-state index is 0.0740. The average molecular weight is 1400 g/mol. The molecular formula is C77H136O17P2. The molecule has 3 N–H and O–H groups in total. The summed E-state index contributed by atoms with van der Waals surface area (Å²) in [5, 5.41) is 10.6. The van der Waals surface area contributed by atoms with E-state index in [9.17, 15) is 43.2 Å². The minimum Gasteiger partial charge on any atom is -0.462 e. The summed E-state index contributed by atoms with van der Waals surface area (Å²) in [7, 11) is -9.95. The molecule has 0 fully saturated rings. The molecule has 0 saturated heterocycles. The number of ether oxygens (including phenoxy) is 4. The average Bonchev–Trinajstić information content (AvgIpc) is 2.18. The Morgan fingerprint density at radius 2 is 0.562 bits per heavy atom. The van der Waals surface area contributed by atoms with Gasteiger partial charge in [0.15, 0.2) is 12.2 Å². The van der Waals surface area contributed by atoms with Crippen LogP contribution >= 0.6 is 15.6 Å². The number of phosphoric ester groups is 2. The number of aliphatic hydroxyl groups excluding tert-OH is 1. The standard InChI is InChI=1S/C77H136O17P2/c1-5-9-13-17-21-25-29-32-34-35-37-39-43-46-50-54-58-62-75(80)88-68-73(94-77(82)64-60-56-52-48-44-40-36-33-30-26-22-18-14-10-6-2)70-92-96(85,86)90-66-71(78)65-89-95(83,84)91-69-72(93-76(81)63-59-55-51-47-41-28-24-20-16-12-8-4)67-87-74(79)61-57-53-49-45-42-38-31-27-23-19-15-11-7-3/h9,13,20-21,24-25,32-34,36-37,39,46,50,71-73,78H,5-8,10-12,14-19,22-23,26-31,35,38,40-45,47-49,51-70H2,1-4H3,(H,83,84)(H,85,86)/b13-9-,24-20-,25-21-,34-32-,36-33-,39-37-,50-46-. The lowest BCUT2D eigenvalue weighted by molar-refractivity contribution is -0.161. The molecule has 0 saturated carbocycles. The van der Waals surface area contributed by atoms with Gasteiger partial charge in [0.25, 0.3) is 0 Å². The quantitative estimate of drug-likeness (QED) is 0.0169. The molecule has 0 aromatic rings. The smallest absolute Gasteiger partial charge is 0.462 e. The third-order valence-electron chi connectivity index (χ3n) is 15.8. The van der Waals surface area contributed by atoms with Crippen LogP contribution in [0.3, 0.4) is 0 Å². The Morgan fingerprint density at radius 1 is 0.302 bits per heavy atom. The first-order chi connectivity index (χ1) is 46.7. The molecule has 0 bridgehead atoms. The molecule has 0 aromatic heterocycles. The SMILES string of the molecule is CC/C=C\C/C=C\C/C=C\C/C=C\C/C=C\CCCC(=O)OCC(COP(=O)(O)OCC(O)COP(=O)(O)OCC(COC(=O)CCCCCCCCCCCCCCC)OC(=O)CCCCCCC/C=C\CCCC)OC(=O)CCCCCCC/C=C\CCCCCCCC. The molecule has 0 aliphatic carbocycles. The number of hydrogen-bond acceptors (Lipinski definition) is 15. The second-order valence-electron chi connectivity index (χ2n) is 25.2. The van der Waals surface area contributed by atoms with Crippen molar-refractivity contribution in [2.75, 3.05) is 39.6 Å². The Hall–Kier alpha value is -3.76. The summed E-state index contributed by atoms with van der Waals surface area (Å²) in [5.41, 5.74) is 0. The number of esters is 4. The van der Waals surface area contributed by atoms with Crippen molar-refractivity contribution in [2.45, 2.75) is 341 Å². The van der Waals surface area contributed by atoms with Crippen LogP contribution in [0.25, 0.3) is 0 Å². The van der Waals surface area contributed by atoms with Crippen molar-refractivity contribution < 1.29 is 80.2 Å². The zero-order valence-corrected chi connectivity index (χ0v) is 62.3. The van der Waals surface area contributed by atoms with Crippen LogP contribution < -0.4 is 0 Å². The Labute approximate surface area is 583 Å². The van der Waals surface area contributed by atoms with Crippen molar-refractivity contribution in [1.29, 1.82) is 0 Å². The minimum atomic E-state index is -4.98. The van der Waals surface area contributed by atoms with Crippen LogP contribution in [0, 0.1) is 0 Å². The molecule has 556 valence electrons. The van der Waals surface area contributed by atoms with Gasteiger partial charge in [0.2, 0.25) is 0 Å². The summed E-state index contributed by atoms with van der Waals surface area (Å²) >= 11 is 0. The number of carbonyl (C=O) groups is 4. The van der Waals surface area contributed by atoms with Crippen LogP contribution in [0.2, 0.25) is 0 Å². The van der Waals surface area contributed by atoms with Gasteiger partial charge in [-0.05, 0) is 109 Å². The second kappa shape index (κ2) is 69.7. The number of hydrogen-bond donors (Lipinski definition) is 3. The number of rotatable bonds is 71. The first kappa shape index (κ1) is 92.2. The Morgan fingerprint density at radius 3 is 0.917 bits per heavy atom. The molecule has 0 radical (unpaired) electrons. The van der Waals surface area contributed by atoms with Crippen molar-refractivity contribution in [3.8, 4) is 0 Å². The maximum atomic E-state index is 13.1. The van der Waals surface area contributed by atoms with Gasteiger partial charge in [-0.2, -0.15) is 0 Å². The van der Waals surface area contributed by atoms with Crippen LogP contribution in [-0.4, -0.2) is 96.7 Å². The normalized spacial score (nSPS) is 14.4. The zero-order chi connectivity index (χ0) is 70.4. The fraction of sp³-hybridized carbons (Fsp3) is 0.766. The van der Waals surface area contributed by atoms with E-state index in [1.807, 2.05) is 12.2 Å². The molecule has 0 aliphatic rings. The molecular weight excluding hydrogens is 1260 g/mol. The van der Waals surface area contributed by atoms with Crippen molar-refractivity contribution in [3.05, 3.63) is 85.1 Å². The molecule has 17 nitrogen and oxygen atoms in total. The fourth-order valence-electron chi connectivity index (χ4n) is 10.1. The van der Waals surface area contributed by atoms with Crippen molar-refractivity contribution >= 4 is 39.5 Å². The first-order valence-electron chi connectivity index (χ1n) is 37.8. The second-order valence-corrected chi connectivity index (χ2v) is 28.1. The summed E-state index contributed by atoms with van der Waals surface area (Å²) < 4.78 is 68.3. The highest BCUT2D eigenvalue weighted by molar-refractivity contribution is 7.47. The number of allylic oxidation sites excluding steroid dienone is 14. The van der Waals surface area contributed by atoms with Crippen LogP contribution in [0.1, 0.15) is 323 Å². The molecule has 0 rings (SSSR count). The first-order valence-corrected chi connectivity index (χ1v) is 40.8. The van der Waals surface area contributed by atoms with E-state index in [-0.39, 0.29) is 25.7 Å². The third-order valence-corrected chi connectivity index (χ3v) is 17.7. The maximum Gasteiger partial charge on any atom is 0.472 e. The molecule has 5 unspecified atom stereocenters. The van der Waals surface area contributed by atoms with E-state index >= 15 is 0 Å². The number of unbranched alkanes of at least 4 members (excludes halogenated alkanes) is 31. The summed E-state index contributed by atoms with van der Waals surface area (Å²) in [6, 6.07) is 0. The summed E-state index contributed by atoms with van der Waals surface area (Å²) in [5.74, 6) is -2.24. The number of phosphoric acid groups is 2. The molecule has 0 spiro atoms. The Bertz CT molecular complexity index is 2160. The van der Waals surface area contributed by atoms with E-state index in [4.69, 9.17) is 37.0 Å². The maximum absolute atomic E-state index is 13.1. The van der Waals surface area contributed by atoms with E-state index in [0.29, 0.717) is 32.1 Å². The monoisotopic (exact) mass is 1390 g/mol. The lowest BCUT2D eigenvalue weighted by atomic mass is 10.0. The van der Waals surface area contributed by atoms with E-state index < -0.39 is 97.5 Å². The van der Waals surface area contributed by atoms with Crippen LogP contribution in [-0.2, 0) is 65.4 Å². The topological polar surface area (TPSA) is 237 Å². The van der Waals surface area contributed by atoms with Crippen molar-refractivity contribution in [1.82, 2.24) is 0 Å². The predicted octanol–water partition coefficient (Wildman–Crippen LogP) is 21.4. The highest BCUT2D eigenvalue weighted by Gasteiger charge is 2.30. The predicted molar refractivity (Wildman–Crippen MR) is 390 cm³/mol. The van der Waals surface area contributed by atoms with Gasteiger partial charge >= 0.3 is 39.5 Å². The number of carbonyl (C=O) groups excluding carboxylic acids is 4. The third kappa shape index (κ3) is 68.8. The van der Waals surface area contributed by atoms with Crippen LogP contribution in [0.4, 0.5) is 0 Å². The summed E-state index contributed by atoms with van der Waals surface area (Å²) in [4.78, 5) is 72.7. The highest BCUT2D eigenvalue weighted by Crippen LogP contribution is 2.45. The van der Waals surface area contributed by atoms with Gasteiger partial charge < -0.3 is 33.8 Å². The fourth-order valence-corrected chi connectivity index (χ4v) is 11.6. The van der Waals surface area contributed by atoms with Gasteiger partial charge in [-0.3, -0.25) is 37.3 Å². The van der Waals surface area contributed by atoms with Gasteiger partial charge in [-0.15, -0.1) is 0 Å². The van der Waals surface area contributed by atoms with E-state index in [0.717, 1.165) is 128 Å². The highest BCUT2D eigenvalue weighted by atomic mass is 31.2. The molecule has 5 atom stereocenters. The van der Waals surface area contributed by atoms with Crippen LogP contribution in [0.15, 0.2) is 85.1 Å². The lowest BCUT2D eigenvalue weighted by Gasteiger charge is -2.21. The number of aliphatic hydroxyl groups is 1. The van der Waals surface area contributed by atoms with Gasteiger partial charge in [-0.25, -0.2) is 9.13 Å². The van der Waals surface area contributed by atoms with Crippen molar-refractivity contribution in [3.63, 3.8) is 0 Å². The zero-order valence-electron chi connectivity index (χ0n) is 60.5. The Kier molecular flexibility index (Phi) is 67.0. The Balaban J connectivity index is 5.37. The summed E-state index contributed by atoms with van der Waals surface area (Å²) in [6.45, 7) is 4.66. The van der Waals surface area contributed by atoms with E-state index in [2.05, 4.69) is 101 Å². The molecule has 0 amide bonds. The largest absolute Gasteiger partial charge is 0.472 e. The molecule has 96 heavy (non-hydrogen) atoms. The van der Waals surface area contributed by atoms with Gasteiger partial charge in [0, 0.05) is 25.7 Å². The van der Waals surface area contributed by atoms with Gasteiger partial charge in [0.1, 0.15) is 19.3 Å².